The van der Waals surface area contributed by atoms with Crippen molar-refractivity contribution >= 4 is 27.1 Å². The van der Waals surface area contributed by atoms with Crippen LogP contribution in [0.3, 0.4) is 0 Å². The van der Waals surface area contributed by atoms with Gasteiger partial charge in [0, 0.05) is 11.8 Å². The number of nitrogens with zero attached hydrogens (tertiary/aromatic N) is 1. The Hall–Kier alpha value is -1.66. The molecule has 0 saturated heterocycles. The van der Waals surface area contributed by atoms with Gasteiger partial charge in [-0.15, -0.1) is 0 Å². The fraction of sp³-hybridized carbons (Fsp3) is 0.0833. The van der Waals surface area contributed by atoms with Gasteiger partial charge in [0.25, 0.3) is 0 Å². The van der Waals surface area contributed by atoms with Crippen molar-refractivity contribution in [2.75, 3.05) is 5.73 Å². The first-order valence-electron chi connectivity index (χ1n) is 5.27. The molecular weight excluding hydrogens is 291 g/mol. The maximum Gasteiger partial charge on any atom is 0.184 e. The van der Waals surface area contributed by atoms with Gasteiger partial charge in [-0.3, -0.25) is 4.98 Å². The van der Waals surface area contributed by atoms with E-state index in [1.54, 1.807) is 0 Å². The van der Waals surface area contributed by atoms with E-state index in [9.17, 15) is 12.8 Å². The lowest BCUT2D eigenvalue weighted by Crippen LogP contribution is -2.09. The summed E-state index contributed by atoms with van der Waals surface area (Å²) in [5.74, 6) is -1.24. The Morgan fingerprint density at radius 1 is 1.32 bits per heavy atom. The second kappa shape index (κ2) is 5.14. The molecule has 2 rings (SSSR count). The van der Waals surface area contributed by atoms with Crippen LogP contribution in [-0.2, 0) is 15.6 Å². The van der Waals surface area contributed by atoms with Crippen LogP contribution in [0.1, 0.15) is 5.56 Å². The second-order valence-corrected chi connectivity index (χ2v) is 6.25. The lowest BCUT2D eigenvalue weighted by Gasteiger charge is -2.08. The maximum absolute atomic E-state index is 13.7. The molecule has 19 heavy (non-hydrogen) atoms. The Labute approximate surface area is 115 Å². The molecule has 0 aliphatic rings. The number of sulfone groups is 1. The fourth-order valence-electron chi connectivity index (χ4n) is 1.62. The first-order chi connectivity index (χ1) is 8.92. The summed E-state index contributed by atoms with van der Waals surface area (Å²) < 4.78 is 38.0. The molecule has 4 nitrogen and oxygen atoms in total. The minimum atomic E-state index is -3.75. The van der Waals surface area contributed by atoms with Crippen LogP contribution < -0.4 is 5.73 Å². The summed E-state index contributed by atoms with van der Waals surface area (Å²) in [5, 5.41) is -0.115. The van der Waals surface area contributed by atoms with E-state index in [1.165, 1.54) is 36.7 Å². The standard InChI is InChI=1S/C12H10ClFN2O2S/c13-9-3-1-2-8(12(9)14)7-19(17,18)11-4-5-16-6-10(11)15/h1-6H,7,15H2. The molecule has 100 valence electrons. The van der Waals surface area contributed by atoms with E-state index in [4.69, 9.17) is 17.3 Å². The molecule has 1 aromatic carbocycles. The predicted molar refractivity (Wildman–Crippen MR) is 70.9 cm³/mol. The van der Waals surface area contributed by atoms with Gasteiger partial charge in [0.1, 0.15) is 5.82 Å². The summed E-state index contributed by atoms with van der Waals surface area (Å²) >= 11 is 5.62. The molecule has 0 atom stereocenters. The van der Waals surface area contributed by atoms with Gasteiger partial charge in [0.05, 0.1) is 27.6 Å². The summed E-state index contributed by atoms with van der Waals surface area (Å²) in [6.07, 6.45) is 2.55. The Bertz CT molecular complexity index is 719. The summed E-state index contributed by atoms with van der Waals surface area (Å²) in [7, 11) is -3.75. The van der Waals surface area contributed by atoms with Crippen LogP contribution in [-0.4, -0.2) is 13.4 Å². The number of pyridine rings is 1. The molecule has 0 aliphatic carbocycles. The van der Waals surface area contributed by atoms with Crippen LogP contribution in [0.25, 0.3) is 0 Å². The largest absolute Gasteiger partial charge is 0.396 e. The van der Waals surface area contributed by atoms with Crippen molar-refractivity contribution in [3.05, 3.63) is 53.1 Å². The highest BCUT2D eigenvalue weighted by Crippen LogP contribution is 2.25. The predicted octanol–water partition coefficient (Wildman–Crippen LogP) is 2.43. The van der Waals surface area contributed by atoms with Crippen LogP contribution in [0.15, 0.2) is 41.6 Å². The third-order valence-corrected chi connectivity index (χ3v) is 4.55. The van der Waals surface area contributed by atoms with Crippen LogP contribution in [0.5, 0.6) is 0 Å². The molecule has 0 unspecified atom stereocenters. The zero-order chi connectivity index (χ0) is 14.0. The summed E-state index contributed by atoms with van der Waals surface area (Å²) in [6, 6.07) is 5.50. The molecule has 0 aliphatic heterocycles. The van der Waals surface area contributed by atoms with E-state index in [1.807, 2.05) is 0 Å². The van der Waals surface area contributed by atoms with Crippen LogP contribution >= 0.6 is 11.6 Å². The van der Waals surface area contributed by atoms with Crippen molar-refractivity contribution in [3.8, 4) is 0 Å². The molecule has 1 aromatic heterocycles. The number of rotatable bonds is 3. The van der Waals surface area contributed by atoms with Crippen LogP contribution in [0.4, 0.5) is 10.1 Å². The molecule has 0 spiro atoms. The summed E-state index contributed by atoms with van der Waals surface area (Å²) in [4.78, 5) is 3.64. The highest BCUT2D eigenvalue weighted by molar-refractivity contribution is 7.90. The fourth-order valence-corrected chi connectivity index (χ4v) is 3.28. The summed E-state index contributed by atoms with van der Waals surface area (Å²) in [6.45, 7) is 0. The van der Waals surface area contributed by atoms with Crippen molar-refractivity contribution < 1.29 is 12.8 Å². The SMILES string of the molecule is Nc1cnccc1S(=O)(=O)Cc1cccc(Cl)c1F. The van der Waals surface area contributed by atoms with E-state index >= 15 is 0 Å². The van der Waals surface area contributed by atoms with Crippen LogP contribution in [0.2, 0.25) is 5.02 Å². The lowest BCUT2D eigenvalue weighted by atomic mass is 10.2. The van der Waals surface area contributed by atoms with Gasteiger partial charge in [-0.1, -0.05) is 23.7 Å². The number of aromatic nitrogens is 1. The first kappa shape index (κ1) is 13.8. The van der Waals surface area contributed by atoms with Gasteiger partial charge in [-0.2, -0.15) is 0 Å². The molecule has 7 heteroatoms. The first-order valence-corrected chi connectivity index (χ1v) is 7.30. The van der Waals surface area contributed by atoms with Crippen molar-refractivity contribution in [1.29, 1.82) is 0 Å². The quantitative estimate of drug-likeness (QED) is 0.945. The zero-order valence-electron chi connectivity index (χ0n) is 9.68. The van der Waals surface area contributed by atoms with Crippen molar-refractivity contribution in [3.63, 3.8) is 0 Å². The lowest BCUT2D eigenvalue weighted by molar-refractivity contribution is 0.587. The molecule has 0 fully saturated rings. The van der Waals surface area contributed by atoms with Crippen molar-refractivity contribution in [2.24, 2.45) is 0 Å². The molecule has 0 bridgehead atoms. The number of benzene rings is 1. The smallest absolute Gasteiger partial charge is 0.184 e. The molecule has 2 N–H and O–H groups in total. The Morgan fingerprint density at radius 3 is 2.74 bits per heavy atom. The average Bonchev–Trinajstić information content (AvgIpc) is 2.35. The van der Waals surface area contributed by atoms with E-state index in [-0.39, 0.29) is 21.2 Å². The zero-order valence-corrected chi connectivity index (χ0v) is 11.2. The second-order valence-electron chi connectivity index (χ2n) is 3.89. The molecule has 0 saturated carbocycles. The third-order valence-electron chi connectivity index (χ3n) is 2.52. The monoisotopic (exact) mass is 300 g/mol. The van der Waals surface area contributed by atoms with Gasteiger partial charge >= 0.3 is 0 Å². The van der Waals surface area contributed by atoms with Gasteiger partial charge in [-0.05, 0) is 12.1 Å². The van der Waals surface area contributed by atoms with E-state index in [2.05, 4.69) is 4.98 Å². The van der Waals surface area contributed by atoms with Crippen LogP contribution in [0, 0.1) is 5.82 Å². The van der Waals surface area contributed by atoms with Gasteiger partial charge < -0.3 is 5.73 Å². The highest BCUT2D eigenvalue weighted by Gasteiger charge is 2.20. The topological polar surface area (TPSA) is 73.0 Å². The highest BCUT2D eigenvalue weighted by atomic mass is 35.5. The number of nitrogens with two attached hydrogens (primary N) is 1. The third kappa shape index (κ3) is 2.85. The Balaban J connectivity index is 2.43. The average molecular weight is 301 g/mol. The number of hydrogen-bond acceptors (Lipinski definition) is 4. The van der Waals surface area contributed by atoms with Gasteiger partial charge in [-0.25, -0.2) is 12.8 Å². The number of hydrogen-bond donors (Lipinski definition) is 1. The van der Waals surface area contributed by atoms with E-state index in [0.717, 1.165) is 0 Å². The Morgan fingerprint density at radius 2 is 2.05 bits per heavy atom. The minimum absolute atomic E-state index is 0.00344. The van der Waals surface area contributed by atoms with E-state index in [0.29, 0.717) is 0 Å². The molecular formula is C12H10ClFN2O2S. The van der Waals surface area contributed by atoms with Gasteiger partial charge in [0.2, 0.25) is 0 Å². The molecule has 1 heterocycles. The molecule has 2 aromatic rings. The Kier molecular flexibility index (Phi) is 3.73. The van der Waals surface area contributed by atoms with Crippen molar-refractivity contribution in [1.82, 2.24) is 4.98 Å². The normalized spacial score (nSPS) is 11.5. The minimum Gasteiger partial charge on any atom is -0.396 e. The number of anilines is 1. The summed E-state index contributed by atoms with van der Waals surface area (Å²) in [5.41, 5.74) is 5.60. The van der Waals surface area contributed by atoms with Gasteiger partial charge in [0.15, 0.2) is 9.84 Å². The maximum atomic E-state index is 13.7. The number of halogens is 2. The molecule has 0 radical (unpaired) electrons. The molecule has 0 amide bonds. The number of nitrogen functional groups attached to an aromatic ring is 1. The van der Waals surface area contributed by atoms with Crippen molar-refractivity contribution in [2.45, 2.75) is 10.6 Å². The van der Waals surface area contributed by atoms with E-state index < -0.39 is 21.4 Å².